The van der Waals surface area contributed by atoms with Crippen LogP contribution in [-0.4, -0.2) is 44.3 Å². The van der Waals surface area contributed by atoms with Crippen molar-refractivity contribution >= 4 is 11.8 Å². The standard InChI is InChI=1S/C17H21N5O3/c1-10(2)14-20-16(25-21-14)17-5-3-4-11(17)8-22(9-17)13-7-18-12(6-19-13)15(23)24/h6-7,10-11H,3-5,8-9H2,1-2H3,(H,23,24)/t11-,17-/m1/s1. The van der Waals surface area contributed by atoms with Gasteiger partial charge < -0.3 is 14.5 Å². The molecule has 4 rings (SSSR count). The van der Waals surface area contributed by atoms with Crippen molar-refractivity contribution in [2.45, 2.75) is 44.4 Å². The van der Waals surface area contributed by atoms with Gasteiger partial charge in [0.05, 0.1) is 17.8 Å². The zero-order valence-corrected chi connectivity index (χ0v) is 14.3. The lowest BCUT2D eigenvalue weighted by Crippen LogP contribution is -2.32. The Bertz CT molecular complexity index is 788. The lowest BCUT2D eigenvalue weighted by Gasteiger charge is -2.24. The molecule has 0 spiro atoms. The number of aromatic carboxylic acids is 1. The van der Waals surface area contributed by atoms with Gasteiger partial charge in [0.2, 0.25) is 5.89 Å². The molecule has 1 aliphatic heterocycles. The average Bonchev–Trinajstić information content (AvgIpc) is 3.28. The first kappa shape index (κ1) is 16.0. The first-order valence-corrected chi connectivity index (χ1v) is 8.64. The van der Waals surface area contributed by atoms with E-state index in [1.807, 2.05) is 0 Å². The summed E-state index contributed by atoms with van der Waals surface area (Å²) in [6.45, 7) is 5.71. The van der Waals surface area contributed by atoms with Crippen molar-refractivity contribution in [1.82, 2.24) is 20.1 Å². The van der Waals surface area contributed by atoms with Crippen molar-refractivity contribution < 1.29 is 14.4 Å². The van der Waals surface area contributed by atoms with Crippen LogP contribution < -0.4 is 4.90 Å². The SMILES string of the molecule is CC(C)c1noc([C@@]23CCC[C@@H]2CN(c2cnc(C(=O)O)cn2)C3)n1. The number of carbonyl (C=O) groups is 1. The molecule has 2 aliphatic rings. The number of hydrogen-bond acceptors (Lipinski definition) is 7. The van der Waals surface area contributed by atoms with Crippen LogP contribution in [0.2, 0.25) is 0 Å². The third-order valence-corrected chi connectivity index (χ3v) is 5.44. The Kier molecular flexibility index (Phi) is 3.70. The molecular formula is C17H21N5O3. The monoisotopic (exact) mass is 343 g/mol. The van der Waals surface area contributed by atoms with Crippen LogP contribution in [0.4, 0.5) is 5.82 Å². The summed E-state index contributed by atoms with van der Waals surface area (Å²) in [7, 11) is 0. The Morgan fingerprint density at radius 1 is 1.40 bits per heavy atom. The number of anilines is 1. The minimum atomic E-state index is -1.07. The Morgan fingerprint density at radius 2 is 2.24 bits per heavy atom. The van der Waals surface area contributed by atoms with E-state index in [1.54, 1.807) is 0 Å². The molecule has 2 atom stereocenters. The van der Waals surface area contributed by atoms with E-state index in [9.17, 15) is 4.79 Å². The van der Waals surface area contributed by atoms with Gasteiger partial charge in [0.25, 0.3) is 0 Å². The first-order valence-electron chi connectivity index (χ1n) is 8.64. The van der Waals surface area contributed by atoms with Crippen molar-refractivity contribution in [3.05, 3.63) is 29.8 Å². The molecule has 1 N–H and O–H groups in total. The van der Waals surface area contributed by atoms with Crippen LogP contribution in [0.25, 0.3) is 0 Å². The molecule has 0 unspecified atom stereocenters. The third-order valence-electron chi connectivity index (χ3n) is 5.44. The largest absolute Gasteiger partial charge is 0.476 e. The van der Waals surface area contributed by atoms with Crippen LogP contribution in [0.3, 0.4) is 0 Å². The topological polar surface area (TPSA) is 105 Å². The molecule has 8 heteroatoms. The molecule has 0 radical (unpaired) electrons. The zero-order valence-electron chi connectivity index (χ0n) is 14.3. The van der Waals surface area contributed by atoms with Gasteiger partial charge in [-0.05, 0) is 18.8 Å². The number of hydrogen-bond donors (Lipinski definition) is 1. The van der Waals surface area contributed by atoms with Gasteiger partial charge in [-0.1, -0.05) is 25.4 Å². The lowest BCUT2D eigenvalue weighted by atomic mass is 9.80. The van der Waals surface area contributed by atoms with E-state index in [1.165, 1.54) is 12.4 Å². The number of fused-ring (bicyclic) bond motifs is 1. The van der Waals surface area contributed by atoms with Crippen molar-refractivity contribution in [3.63, 3.8) is 0 Å². The lowest BCUT2D eigenvalue weighted by molar-refractivity contribution is 0.0690. The summed E-state index contributed by atoms with van der Waals surface area (Å²) < 4.78 is 5.65. The molecule has 25 heavy (non-hydrogen) atoms. The number of rotatable bonds is 4. The molecule has 2 fully saturated rings. The fourth-order valence-electron chi connectivity index (χ4n) is 4.08. The second-order valence-electron chi connectivity index (χ2n) is 7.30. The molecule has 2 aromatic heterocycles. The number of carboxylic acids is 1. The number of nitrogens with zero attached hydrogens (tertiary/aromatic N) is 5. The summed E-state index contributed by atoms with van der Waals surface area (Å²) in [6.07, 6.45) is 6.14. The Labute approximate surface area is 145 Å². The zero-order chi connectivity index (χ0) is 17.6. The smallest absolute Gasteiger partial charge is 0.356 e. The second-order valence-corrected chi connectivity index (χ2v) is 7.30. The summed E-state index contributed by atoms with van der Waals surface area (Å²) >= 11 is 0. The van der Waals surface area contributed by atoms with E-state index in [2.05, 4.69) is 38.9 Å². The summed E-state index contributed by atoms with van der Waals surface area (Å²) in [4.78, 5) is 26.0. The maximum atomic E-state index is 10.9. The molecule has 0 bridgehead atoms. The van der Waals surface area contributed by atoms with Crippen LogP contribution in [0, 0.1) is 5.92 Å². The predicted octanol–water partition coefficient (Wildman–Crippen LogP) is 2.24. The van der Waals surface area contributed by atoms with Crippen LogP contribution in [0.1, 0.15) is 61.2 Å². The molecule has 1 aliphatic carbocycles. The Morgan fingerprint density at radius 3 is 2.88 bits per heavy atom. The normalized spacial score (nSPS) is 25.6. The second kappa shape index (κ2) is 5.79. The maximum Gasteiger partial charge on any atom is 0.356 e. The van der Waals surface area contributed by atoms with Gasteiger partial charge in [-0.2, -0.15) is 4.98 Å². The highest BCUT2D eigenvalue weighted by Crippen LogP contribution is 2.50. The summed E-state index contributed by atoms with van der Waals surface area (Å²) in [5.74, 6) is 1.79. The van der Waals surface area contributed by atoms with Crippen LogP contribution in [0.5, 0.6) is 0 Å². The minimum absolute atomic E-state index is 0.0451. The molecule has 132 valence electrons. The van der Waals surface area contributed by atoms with Gasteiger partial charge >= 0.3 is 5.97 Å². The van der Waals surface area contributed by atoms with E-state index in [-0.39, 0.29) is 17.0 Å². The quantitative estimate of drug-likeness (QED) is 0.901. The molecule has 3 heterocycles. The van der Waals surface area contributed by atoms with Crippen LogP contribution >= 0.6 is 0 Å². The van der Waals surface area contributed by atoms with E-state index < -0.39 is 5.97 Å². The van der Waals surface area contributed by atoms with Gasteiger partial charge in [-0.15, -0.1) is 0 Å². The van der Waals surface area contributed by atoms with Gasteiger partial charge in [-0.25, -0.2) is 14.8 Å². The highest BCUT2D eigenvalue weighted by molar-refractivity contribution is 5.84. The van der Waals surface area contributed by atoms with Crippen molar-refractivity contribution in [3.8, 4) is 0 Å². The number of aromatic nitrogens is 4. The van der Waals surface area contributed by atoms with Gasteiger partial charge in [-0.3, -0.25) is 0 Å². The molecular weight excluding hydrogens is 322 g/mol. The average molecular weight is 343 g/mol. The van der Waals surface area contributed by atoms with Gasteiger partial charge in [0.1, 0.15) is 5.82 Å². The minimum Gasteiger partial charge on any atom is -0.476 e. The fourth-order valence-corrected chi connectivity index (χ4v) is 4.08. The first-order chi connectivity index (χ1) is 12.0. The molecule has 0 amide bonds. The third kappa shape index (κ3) is 2.56. The van der Waals surface area contributed by atoms with E-state index in [0.717, 1.165) is 44.1 Å². The fraction of sp³-hybridized carbons (Fsp3) is 0.588. The van der Waals surface area contributed by atoms with E-state index >= 15 is 0 Å². The van der Waals surface area contributed by atoms with Gasteiger partial charge in [0.15, 0.2) is 11.5 Å². The summed E-state index contributed by atoms with van der Waals surface area (Å²) in [5.41, 5.74) is -0.177. The Balaban J connectivity index is 1.62. The highest BCUT2D eigenvalue weighted by atomic mass is 16.5. The van der Waals surface area contributed by atoms with Crippen molar-refractivity contribution in [2.75, 3.05) is 18.0 Å². The van der Waals surface area contributed by atoms with E-state index in [4.69, 9.17) is 9.63 Å². The molecule has 0 aromatic carbocycles. The highest BCUT2D eigenvalue weighted by Gasteiger charge is 2.54. The molecule has 8 nitrogen and oxygen atoms in total. The molecule has 2 aromatic rings. The predicted molar refractivity (Wildman–Crippen MR) is 88.6 cm³/mol. The molecule has 1 saturated carbocycles. The summed E-state index contributed by atoms with van der Waals surface area (Å²) in [5, 5.41) is 13.1. The Hall–Kier alpha value is -2.51. The van der Waals surface area contributed by atoms with E-state index in [0.29, 0.717) is 11.7 Å². The van der Waals surface area contributed by atoms with Gasteiger partial charge in [0, 0.05) is 19.0 Å². The maximum absolute atomic E-state index is 10.9. The van der Waals surface area contributed by atoms with Crippen LogP contribution in [-0.2, 0) is 5.41 Å². The summed E-state index contributed by atoms with van der Waals surface area (Å²) in [6, 6.07) is 0. The van der Waals surface area contributed by atoms with Crippen molar-refractivity contribution in [1.29, 1.82) is 0 Å². The molecule has 1 saturated heterocycles. The number of carboxylic acid groups (broad SMARTS) is 1. The van der Waals surface area contributed by atoms with Crippen molar-refractivity contribution in [2.24, 2.45) is 5.92 Å². The van der Waals surface area contributed by atoms with Crippen LogP contribution in [0.15, 0.2) is 16.9 Å².